The molecule has 1 heterocycles. The van der Waals surface area contributed by atoms with E-state index in [9.17, 15) is 4.79 Å². The number of hydrogen-bond acceptors (Lipinski definition) is 3. The Bertz CT molecular complexity index is 752. The van der Waals surface area contributed by atoms with Crippen LogP contribution in [0, 0.1) is 0 Å². The Morgan fingerprint density at radius 1 is 1.19 bits per heavy atom. The first kappa shape index (κ1) is 14.7. The maximum absolute atomic E-state index is 11.6. The zero-order valence-electron chi connectivity index (χ0n) is 10.5. The number of amides is 1. The van der Waals surface area contributed by atoms with Crippen LogP contribution in [0.2, 0.25) is 10.0 Å². The van der Waals surface area contributed by atoms with Gasteiger partial charge in [-0.2, -0.15) is 0 Å². The lowest BCUT2D eigenvalue weighted by Gasteiger charge is -2.12. The Morgan fingerprint density at radius 2 is 1.95 bits per heavy atom. The zero-order valence-corrected chi connectivity index (χ0v) is 13.6. The zero-order chi connectivity index (χ0) is 15.1. The summed E-state index contributed by atoms with van der Waals surface area (Å²) in [6.45, 7) is 0. The lowest BCUT2D eigenvalue weighted by atomic mass is 10.1. The summed E-state index contributed by atoms with van der Waals surface area (Å²) >= 11 is 15.4. The van der Waals surface area contributed by atoms with Gasteiger partial charge in [0.25, 0.3) is 0 Å². The summed E-state index contributed by atoms with van der Waals surface area (Å²) in [5.74, 6) is 0.695. The average molecular weight is 388 g/mol. The van der Waals surface area contributed by atoms with Crippen molar-refractivity contribution in [1.29, 1.82) is 0 Å². The maximum Gasteiger partial charge on any atom is 0.245 e. The topological polar surface area (TPSA) is 64.4 Å². The summed E-state index contributed by atoms with van der Waals surface area (Å²) in [4.78, 5) is 11.6. The third-order valence-electron chi connectivity index (χ3n) is 3.09. The van der Waals surface area contributed by atoms with Gasteiger partial charge in [-0.3, -0.25) is 4.79 Å². The fourth-order valence-electron chi connectivity index (χ4n) is 2.04. The summed E-state index contributed by atoms with van der Waals surface area (Å²) in [7, 11) is 0. The second-order valence-corrected chi connectivity index (χ2v) is 6.21. The van der Waals surface area contributed by atoms with Gasteiger partial charge < -0.3 is 15.8 Å². The van der Waals surface area contributed by atoms with Crippen LogP contribution in [0.4, 0.5) is 5.69 Å². The van der Waals surface area contributed by atoms with Crippen molar-refractivity contribution in [3.8, 4) is 11.5 Å². The molecule has 2 aromatic carbocycles. The molecule has 0 radical (unpaired) electrons. The van der Waals surface area contributed by atoms with Crippen LogP contribution in [-0.2, 0) is 4.79 Å². The molecule has 0 fully saturated rings. The van der Waals surface area contributed by atoms with E-state index < -0.39 is 6.04 Å². The summed E-state index contributed by atoms with van der Waals surface area (Å²) in [6.07, 6.45) is 0. The molecule has 0 saturated carbocycles. The van der Waals surface area contributed by atoms with E-state index in [1.54, 1.807) is 30.3 Å². The number of hydrogen-bond donors (Lipinski definition) is 2. The largest absolute Gasteiger partial charge is 0.454 e. The number of nitrogens with two attached hydrogens (primary N) is 1. The molecule has 4 nitrogen and oxygen atoms in total. The quantitative estimate of drug-likeness (QED) is 0.797. The van der Waals surface area contributed by atoms with E-state index in [1.165, 1.54) is 0 Å². The smallest absolute Gasteiger partial charge is 0.245 e. The van der Waals surface area contributed by atoms with Crippen LogP contribution < -0.4 is 15.8 Å². The van der Waals surface area contributed by atoms with E-state index in [4.69, 9.17) is 33.7 Å². The lowest BCUT2D eigenvalue weighted by molar-refractivity contribution is -0.116. The van der Waals surface area contributed by atoms with Crippen LogP contribution in [0.5, 0.6) is 11.5 Å². The monoisotopic (exact) mass is 386 g/mol. The lowest BCUT2D eigenvalue weighted by Crippen LogP contribution is -2.19. The molecule has 2 aromatic rings. The first-order valence-electron chi connectivity index (χ1n) is 5.98. The molecule has 21 heavy (non-hydrogen) atoms. The molecular formula is C14H9BrCl2N2O2. The Balaban J connectivity index is 1.99. The average Bonchev–Trinajstić information content (AvgIpc) is 2.70. The highest BCUT2D eigenvalue weighted by molar-refractivity contribution is 9.10. The van der Waals surface area contributed by atoms with Crippen LogP contribution in [0.3, 0.4) is 0 Å². The molecule has 0 saturated heterocycles. The van der Waals surface area contributed by atoms with Gasteiger partial charge in [0.1, 0.15) is 17.5 Å². The SMILES string of the molecule is NC1C(=O)Nc2cc(Oc3cc(Cl)ccc3Cl)c(Br)cc21. The molecule has 3 N–H and O–H groups in total. The summed E-state index contributed by atoms with van der Waals surface area (Å²) in [5.41, 5.74) is 7.14. The van der Waals surface area contributed by atoms with Gasteiger partial charge in [-0.25, -0.2) is 0 Å². The van der Waals surface area contributed by atoms with Gasteiger partial charge in [-0.1, -0.05) is 23.2 Å². The van der Waals surface area contributed by atoms with Gasteiger partial charge in [-0.15, -0.1) is 0 Å². The Labute approximate surface area is 139 Å². The normalized spacial score (nSPS) is 16.6. The van der Waals surface area contributed by atoms with Gasteiger partial charge in [0.15, 0.2) is 0 Å². The van der Waals surface area contributed by atoms with E-state index in [0.29, 0.717) is 31.7 Å². The molecule has 3 rings (SSSR count). The second-order valence-electron chi connectivity index (χ2n) is 4.51. The molecule has 0 aromatic heterocycles. The molecule has 1 atom stereocenters. The number of fused-ring (bicyclic) bond motifs is 1. The van der Waals surface area contributed by atoms with Gasteiger partial charge in [-0.05, 0) is 34.1 Å². The van der Waals surface area contributed by atoms with Crippen molar-refractivity contribution in [3.63, 3.8) is 0 Å². The molecule has 7 heteroatoms. The van der Waals surface area contributed by atoms with Gasteiger partial charge in [0.2, 0.25) is 5.91 Å². The molecule has 0 bridgehead atoms. The second kappa shape index (κ2) is 5.50. The van der Waals surface area contributed by atoms with Crippen molar-refractivity contribution in [3.05, 3.63) is 50.4 Å². The Morgan fingerprint density at radius 3 is 2.71 bits per heavy atom. The predicted octanol–water partition coefficient (Wildman–Crippen LogP) is 4.50. The van der Waals surface area contributed by atoms with Crippen LogP contribution in [0.15, 0.2) is 34.8 Å². The van der Waals surface area contributed by atoms with Crippen LogP contribution in [0.1, 0.15) is 11.6 Å². The number of benzene rings is 2. The van der Waals surface area contributed by atoms with Crippen molar-refractivity contribution in [2.24, 2.45) is 5.73 Å². The van der Waals surface area contributed by atoms with E-state index >= 15 is 0 Å². The minimum atomic E-state index is -0.667. The fourth-order valence-corrected chi connectivity index (χ4v) is 2.80. The van der Waals surface area contributed by atoms with E-state index in [2.05, 4.69) is 21.2 Å². The summed E-state index contributed by atoms with van der Waals surface area (Å²) in [5, 5.41) is 3.66. The number of halogens is 3. The number of ether oxygens (including phenoxy) is 1. The fraction of sp³-hybridized carbons (Fsp3) is 0.0714. The first-order valence-corrected chi connectivity index (χ1v) is 7.53. The molecule has 1 aliphatic rings. The third-order valence-corrected chi connectivity index (χ3v) is 4.26. The molecule has 0 spiro atoms. The van der Waals surface area contributed by atoms with Crippen molar-refractivity contribution in [2.75, 3.05) is 5.32 Å². The minimum Gasteiger partial charge on any atom is -0.454 e. The van der Waals surface area contributed by atoms with E-state index in [1.807, 2.05) is 0 Å². The predicted molar refractivity (Wildman–Crippen MR) is 86.2 cm³/mol. The number of carbonyl (C=O) groups excluding carboxylic acids is 1. The molecule has 0 aliphatic carbocycles. The first-order chi connectivity index (χ1) is 9.95. The Hall–Kier alpha value is -1.27. The van der Waals surface area contributed by atoms with Gasteiger partial charge >= 0.3 is 0 Å². The van der Waals surface area contributed by atoms with Crippen LogP contribution >= 0.6 is 39.1 Å². The number of carbonyl (C=O) groups is 1. The van der Waals surface area contributed by atoms with Crippen LogP contribution in [-0.4, -0.2) is 5.91 Å². The van der Waals surface area contributed by atoms with Crippen molar-refractivity contribution in [2.45, 2.75) is 6.04 Å². The highest BCUT2D eigenvalue weighted by atomic mass is 79.9. The van der Waals surface area contributed by atoms with Gasteiger partial charge in [0.05, 0.1) is 9.50 Å². The molecule has 108 valence electrons. The molecule has 1 aliphatic heterocycles. The number of nitrogens with one attached hydrogen (secondary N) is 1. The van der Waals surface area contributed by atoms with E-state index in [-0.39, 0.29) is 5.91 Å². The number of anilines is 1. The highest BCUT2D eigenvalue weighted by Gasteiger charge is 2.28. The van der Waals surface area contributed by atoms with E-state index in [0.717, 1.165) is 5.56 Å². The van der Waals surface area contributed by atoms with Crippen molar-refractivity contribution in [1.82, 2.24) is 0 Å². The molecular weight excluding hydrogens is 379 g/mol. The molecule has 1 amide bonds. The summed E-state index contributed by atoms with van der Waals surface area (Å²) < 4.78 is 6.43. The van der Waals surface area contributed by atoms with Crippen LogP contribution in [0.25, 0.3) is 0 Å². The Kier molecular flexibility index (Phi) is 3.84. The highest BCUT2D eigenvalue weighted by Crippen LogP contribution is 2.41. The standard InChI is InChI=1S/C14H9BrCl2N2O2/c15-8-4-7-10(19-14(20)13(7)18)5-11(8)21-12-3-6(16)1-2-9(12)17/h1-5,13H,18H2,(H,19,20). The molecule has 1 unspecified atom stereocenters. The minimum absolute atomic E-state index is 0.241. The van der Waals surface area contributed by atoms with Crippen molar-refractivity contribution >= 4 is 50.7 Å². The summed E-state index contributed by atoms with van der Waals surface area (Å²) in [6, 6.07) is 7.73. The van der Waals surface area contributed by atoms with Crippen molar-refractivity contribution < 1.29 is 9.53 Å². The maximum atomic E-state index is 11.6. The van der Waals surface area contributed by atoms with Gasteiger partial charge in [0, 0.05) is 28.4 Å². The number of rotatable bonds is 2. The third kappa shape index (κ3) is 2.74.